The summed E-state index contributed by atoms with van der Waals surface area (Å²) in [7, 11) is 6.16. The number of carbonyl (C=O) groups excluding carboxylic acids is 1. The van der Waals surface area contributed by atoms with Crippen LogP contribution in [0.3, 0.4) is 0 Å². The first-order valence-corrected chi connectivity index (χ1v) is 10.6. The fourth-order valence-electron chi connectivity index (χ4n) is 3.12. The van der Waals surface area contributed by atoms with E-state index < -0.39 is 0 Å². The molecule has 164 valence electrons. The second kappa shape index (κ2) is 10.2. The average Bonchev–Trinajstić information content (AvgIpc) is 2.70. The van der Waals surface area contributed by atoms with Crippen molar-refractivity contribution in [3.63, 3.8) is 0 Å². The number of anilines is 2. The first kappa shape index (κ1) is 23.1. The van der Waals surface area contributed by atoms with E-state index in [1.807, 2.05) is 32.2 Å². The van der Waals surface area contributed by atoms with Gasteiger partial charge in [0.05, 0.1) is 10.5 Å². The number of ether oxygens (including phenoxy) is 1. The standard InChI is InChI=1S/C23H26Cl2N4O2/c1-15-11-16-12-18(6-7-20(16)27-23(15)29(4)10-9-28(2)3)26-22(30)14-31-21-8-5-17(24)13-19(21)25/h5-8,11-13H,9-10,14H2,1-4H3,(H,26,30). The number of halogens is 2. The molecule has 1 aromatic heterocycles. The Morgan fingerprint density at radius 1 is 1.06 bits per heavy atom. The van der Waals surface area contributed by atoms with E-state index in [4.69, 9.17) is 32.9 Å². The summed E-state index contributed by atoms with van der Waals surface area (Å²) in [5.74, 6) is 1.08. The molecule has 0 radical (unpaired) electrons. The molecule has 0 aliphatic rings. The third-order valence-corrected chi connectivity index (χ3v) is 5.29. The first-order valence-electron chi connectivity index (χ1n) is 9.88. The second-order valence-corrected chi connectivity index (χ2v) is 8.52. The van der Waals surface area contributed by atoms with Crippen molar-refractivity contribution in [1.29, 1.82) is 0 Å². The molecule has 2 aromatic carbocycles. The Morgan fingerprint density at radius 2 is 1.84 bits per heavy atom. The monoisotopic (exact) mass is 460 g/mol. The van der Waals surface area contributed by atoms with Gasteiger partial charge in [-0.1, -0.05) is 23.2 Å². The fourth-order valence-corrected chi connectivity index (χ4v) is 3.59. The van der Waals surface area contributed by atoms with Crippen LogP contribution >= 0.6 is 23.2 Å². The molecule has 0 atom stereocenters. The SMILES string of the molecule is Cc1cc2cc(NC(=O)COc3ccc(Cl)cc3Cl)ccc2nc1N(C)CCN(C)C. The maximum absolute atomic E-state index is 12.3. The maximum Gasteiger partial charge on any atom is 0.262 e. The van der Waals surface area contributed by atoms with Crippen LogP contribution in [-0.2, 0) is 4.79 Å². The molecule has 3 aromatic rings. The van der Waals surface area contributed by atoms with Gasteiger partial charge in [0.1, 0.15) is 11.6 Å². The number of fused-ring (bicyclic) bond motifs is 1. The highest BCUT2D eigenvalue weighted by Gasteiger charge is 2.11. The van der Waals surface area contributed by atoms with Crippen molar-refractivity contribution in [2.24, 2.45) is 0 Å². The number of likely N-dealkylation sites (N-methyl/N-ethyl adjacent to an activating group) is 2. The van der Waals surface area contributed by atoms with E-state index in [1.165, 1.54) is 0 Å². The molecule has 6 nitrogen and oxygen atoms in total. The molecule has 0 aliphatic heterocycles. The topological polar surface area (TPSA) is 57.7 Å². The summed E-state index contributed by atoms with van der Waals surface area (Å²) in [6.45, 7) is 3.72. The zero-order chi connectivity index (χ0) is 22.5. The Morgan fingerprint density at radius 3 is 2.55 bits per heavy atom. The fraction of sp³-hybridized carbons (Fsp3) is 0.304. The molecule has 0 fully saturated rings. The Hall–Kier alpha value is -2.54. The van der Waals surface area contributed by atoms with Gasteiger partial charge in [-0.2, -0.15) is 0 Å². The number of hydrogen-bond donors (Lipinski definition) is 1. The highest BCUT2D eigenvalue weighted by atomic mass is 35.5. The quantitative estimate of drug-likeness (QED) is 0.519. The first-order chi connectivity index (χ1) is 14.7. The van der Waals surface area contributed by atoms with Crippen LogP contribution in [0.15, 0.2) is 42.5 Å². The van der Waals surface area contributed by atoms with Crippen LogP contribution in [0.1, 0.15) is 5.56 Å². The average molecular weight is 461 g/mol. The van der Waals surface area contributed by atoms with Crippen molar-refractivity contribution < 1.29 is 9.53 Å². The molecular weight excluding hydrogens is 435 g/mol. The smallest absolute Gasteiger partial charge is 0.262 e. The minimum Gasteiger partial charge on any atom is -0.482 e. The Balaban J connectivity index is 1.67. The van der Waals surface area contributed by atoms with Gasteiger partial charge < -0.3 is 19.9 Å². The largest absolute Gasteiger partial charge is 0.482 e. The lowest BCUT2D eigenvalue weighted by Crippen LogP contribution is -2.29. The van der Waals surface area contributed by atoms with Gasteiger partial charge in [0.25, 0.3) is 5.91 Å². The molecule has 8 heteroatoms. The van der Waals surface area contributed by atoms with Crippen LogP contribution in [0.25, 0.3) is 10.9 Å². The predicted octanol–water partition coefficient (Wildman–Crippen LogP) is 4.87. The normalized spacial score (nSPS) is 11.1. The zero-order valence-corrected chi connectivity index (χ0v) is 19.6. The predicted molar refractivity (Wildman–Crippen MR) is 129 cm³/mol. The number of nitrogens with zero attached hydrogens (tertiary/aromatic N) is 3. The highest BCUT2D eigenvalue weighted by Crippen LogP contribution is 2.28. The third kappa shape index (κ3) is 6.23. The number of hydrogen-bond acceptors (Lipinski definition) is 5. The lowest BCUT2D eigenvalue weighted by atomic mass is 10.1. The molecule has 1 heterocycles. The number of pyridine rings is 1. The summed E-state index contributed by atoms with van der Waals surface area (Å²) >= 11 is 11.9. The van der Waals surface area contributed by atoms with Crippen molar-refractivity contribution in [2.75, 3.05) is 51.1 Å². The summed E-state index contributed by atoms with van der Waals surface area (Å²) in [6.07, 6.45) is 0. The van der Waals surface area contributed by atoms with Crippen molar-refractivity contribution in [3.8, 4) is 5.75 Å². The van der Waals surface area contributed by atoms with E-state index in [1.54, 1.807) is 18.2 Å². The molecule has 0 saturated carbocycles. The Bertz CT molecular complexity index is 1090. The zero-order valence-electron chi connectivity index (χ0n) is 18.1. The summed E-state index contributed by atoms with van der Waals surface area (Å²) in [5, 5.41) is 4.68. The van der Waals surface area contributed by atoms with Gasteiger partial charge in [-0.05, 0) is 69.0 Å². The molecule has 1 amide bonds. The van der Waals surface area contributed by atoms with E-state index in [2.05, 4.69) is 35.3 Å². The lowest BCUT2D eigenvalue weighted by Gasteiger charge is -2.22. The van der Waals surface area contributed by atoms with Gasteiger partial charge >= 0.3 is 0 Å². The van der Waals surface area contributed by atoms with Gasteiger partial charge in [-0.25, -0.2) is 4.98 Å². The van der Waals surface area contributed by atoms with Gasteiger partial charge in [-0.3, -0.25) is 4.79 Å². The lowest BCUT2D eigenvalue weighted by molar-refractivity contribution is -0.118. The summed E-state index contributed by atoms with van der Waals surface area (Å²) in [6, 6.07) is 12.6. The van der Waals surface area contributed by atoms with Crippen LogP contribution < -0.4 is 15.0 Å². The van der Waals surface area contributed by atoms with Crippen molar-refractivity contribution in [1.82, 2.24) is 9.88 Å². The van der Waals surface area contributed by atoms with Crippen LogP contribution in [0.2, 0.25) is 10.0 Å². The molecule has 0 bridgehead atoms. The number of rotatable bonds is 8. The van der Waals surface area contributed by atoms with Crippen LogP contribution in [0.4, 0.5) is 11.5 Å². The Kier molecular flexibility index (Phi) is 7.59. The number of amides is 1. The third-order valence-electron chi connectivity index (χ3n) is 4.76. The molecular formula is C23H26Cl2N4O2. The van der Waals surface area contributed by atoms with E-state index in [0.717, 1.165) is 35.4 Å². The van der Waals surface area contributed by atoms with Gasteiger partial charge in [0.2, 0.25) is 0 Å². The number of benzene rings is 2. The van der Waals surface area contributed by atoms with Crippen LogP contribution in [0, 0.1) is 6.92 Å². The molecule has 1 N–H and O–H groups in total. The summed E-state index contributed by atoms with van der Waals surface area (Å²) in [5.41, 5.74) is 2.63. The van der Waals surface area contributed by atoms with Crippen molar-refractivity contribution >= 4 is 51.5 Å². The summed E-state index contributed by atoms with van der Waals surface area (Å²) in [4.78, 5) is 21.4. The molecule has 0 spiro atoms. The number of nitrogens with one attached hydrogen (secondary N) is 1. The molecule has 0 aliphatic carbocycles. The highest BCUT2D eigenvalue weighted by molar-refractivity contribution is 6.35. The number of aryl methyl sites for hydroxylation is 1. The van der Waals surface area contributed by atoms with E-state index in [0.29, 0.717) is 21.5 Å². The second-order valence-electron chi connectivity index (χ2n) is 7.67. The van der Waals surface area contributed by atoms with E-state index in [-0.39, 0.29) is 12.5 Å². The number of carbonyl (C=O) groups is 1. The molecule has 3 rings (SSSR count). The Labute approximate surface area is 192 Å². The van der Waals surface area contributed by atoms with Crippen LogP contribution in [0.5, 0.6) is 5.75 Å². The minimum absolute atomic E-state index is 0.160. The van der Waals surface area contributed by atoms with Gasteiger partial charge in [0, 0.05) is 36.2 Å². The molecule has 0 saturated heterocycles. The van der Waals surface area contributed by atoms with E-state index >= 15 is 0 Å². The van der Waals surface area contributed by atoms with Crippen molar-refractivity contribution in [2.45, 2.75) is 6.92 Å². The van der Waals surface area contributed by atoms with Crippen LogP contribution in [-0.4, -0.2) is 56.6 Å². The number of aromatic nitrogens is 1. The molecule has 31 heavy (non-hydrogen) atoms. The summed E-state index contributed by atoms with van der Waals surface area (Å²) < 4.78 is 5.49. The maximum atomic E-state index is 12.3. The molecule has 0 unspecified atom stereocenters. The van der Waals surface area contributed by atoms with Gasteiger partial charge in [-0.15, -0.1) is 0 Å². The van der Waals surface area contributed by atoms with Crippen molar-refractivity contribution in [3.05, 3.63) is 58.1 Å². The van der Waals surface area contributed by atoms with E-state index in [9.17, 15) is 4.79 Å². The minimum atomic E-state index is -0.282. The van der Waals surface area contributed by atoms with Gasteiger partial charge in [0.15, 0.2) is 6.61 Å².